The second-order valence-electron chi connectivity index (χ2n) is 14.3. The summed E-state index contributed by atoms with van der Waals surface area (Å²) in [6.45, 7) is 8.72. The number of nitrogens with zero attached hydrogens (tertiary/aromatic N) is 2. The van der Waals surface area contributed by atoms with Crippen molar-refractivity contribution in [2.75, 3.05) is 26.2 Å². The molecule has 3 unspecified atom stereocenters. The van der Waals surface area contributed by atoms with Crippen molar-refractivity contribution in [3.05, 3.63) is 107 Å². The number of aliphatic carboxylic acids is 2. The van der Waals surface area contributed by atoms with Gasteiger partial charge in [-0.25, -0.2) is 9.59 Å². The minimum absolute atomic E-state index is 0.315. The van der Waals surface area contributed by atoms with Crippen LogP contribution in [-0.2, 0) is 20.8 Å². The number of carbonyl (C=O) groups excluding carboxylic acids is 3. The lowest BCUT2D eigenvalue weighted by Crippen LogP contribution is -2.71. The topological polar surface area (TPSA) is 173 Å². The van der Waals surface area contributed by atoms with Gasteiger partial charge in [-0.3, -0.25) is 14.4 Å². The molecule has 12 heteroatoms. The number of Topliss-reactive ketones (excluding diaryl/α,β-unsaturated/α-hetero) is 2. The summed E-state index contributed by atoms with van der Waals surface area (Å²) in [5.41, 5.74) is -7.37. The Balaban J connectivity index is 0.000000241. The van der Waals surface area contributed by atoms with E-state index in [9.17, 15) is 44.4 Å². The Bertz CT molecular complexity index is 1670. The quantitative estimate of drug-likeness (QED) is 0.116. The Morgan fingerprint density at radius 1 is 0.759 bits per heavy atom. The van der Waals surface area contributed by atoms with Crippen LogP contribution in [0.4, 0.5) is 0 Å². The van der Waals surface area contributed by atoms with Crippen molar-refractivity contribution in [3.63, 3.8) is 0 Å². The van der Waals surface area contributed by atoms with E-state index in [0.717, 1.165) is 87.6 Å². The van der Waals surface area contributed by atoms with Crippen molar-refractivity contribution in [1.29, 1.82) is 0 Å². The van der Waals surface area contributed by atoms with Crippen LogP contribution in [0.2, 0.25) is 5.02 Å². The molecule has 0 bridgehead atoms. The van der Waals surface area contributed by atoms with E-state index in [0.29, 0.717) is 23.8 Å². The Labute approximate surface area is 321 Å². The number of carbonyl (C=O) groups is 5. The number of rotatable bonds is 14. The molecular weight excluding hydrogens is 712 g/mol. The molecule has 0 radical (unpaired) electrons. The van der Waals surface area contributed by atoms with Gasteiger partial charge >= 0.3 is 11.9 Å². The number of hydrogen-bond donors (Lipinski definition) is 4. The van der Waals surface area contributed by atoms with Gasteiger partial charge in [-0.2, -0.15) is 0 Å². The largest absolute Gasteiger partial charge is 0.479 e. The van der Waals surface area contributed by atoms with E-state index in [1.807, 2.05) is 12.1 Å². The molecule has 1 amide bonds. The minimum Gasteiger partial charge on any atom is -0.479 e. The van der Waals surface area contributed by atoms with Crippen molar-refractivity contribution in [1.82, 2.24) is 9.80 Å². The summed E-state index contributed by atoms with van der Waals surface area (Å²) < 4.78 is 0. The Kier molecular flexibility index (Phi) is 15.1. The fourth-order valence-electron chi connectivity index (χ4n) is 7.46. The Hall–Kier alpha value is -4.42. The molecule has 0 aromatic heterocycles. The molecule has 5 rings (SSSR count). The van der Waals surface area contributed by atoms with Gasteiger partial charge in [-0.15, -0.1) is 0 Å². The van der Waals surface area contributed by atoms with E-state index in [4.69, 9.17) is 11.6 Å². The molecule has 1 saturated carbocycles. The molecule has 1 aliphatic heterocycles. The number of ketones is 2. The molecule has 4 N–H and O–H groups in total. The van der Waals surface area contributed by atoms with Crippen LogP contribution in [0.3, 0.4) is 0 Å². The lowest BCUT2D eigenvalue weighted by molar-refractivity contribution is -0.187. The van der Waals surface area contributed by atoms with Gasteiger partial charge in [0, 0.05) is 47.7 Å². The molecule has 3 atom stereocenters. The normalized spacial score (nSPS) is 18.0. The first-order valence-electron chi connectivity index (χ1n) is 18.6. The maximum Gasteiger partial charge on any atom is 0.348 e. The molecule has 1 heterocycles. The lowest BCUT2D eigenvalue weighted by atomic mass is 9.73. The zero-order valence-corrected chi connectivity index (χ0v) is 31.7. The van der Waals surface area contributed by atoms with Gasteiger partial charge in [-0.05, 0) is 69.2 Å². The van der Waals surface area contributed by atoms with Crippen molar-refractivity contribution >= 4 is 41.0 Å². The van der Waals surface area contributed by atoms with Gasteiger partial charge in [-0.1, -0.05) is 111 Å². The van der Waals surface area contributed by atoms with Crippen LogP contribution in [0.15, 0.2) is 84.9 Å². The number of likely N-dealkylation sites (N-methyl/N-ethyl adjacent to an activating group) is 1. The fourth-order valence-corrected chi connectivity index (χ4v) is 7.67. The summed E-state index contributed by atoms with van der Waals surface area (Å²) in [4.78, 5) is 66.1. The molecule has 0 spiro atoms. The van der Waals surface area contributed by atoms with Crippen LogP contribution < -0.4 is 0 Å². The highest BCUT2D eigenvalue weighted by molar-refractivity contribution is 6.30. The summed E-state index contributed by atoms with van der Waals surface area (Å²) >= 11 is 6.15. The SMILES string of the molecule is CCN(CC1CCN(C(=O)C2CCCCC2)CC1)C(C)Cc1cccc(Cl)c1.O=C(O)C(O)(C(=O)c1ccccc1)C(O)(C(=O)O)C(=O)c1ccccc1. The maximum absolute atomic E-state index is 12.8. The van der Waals surface area contributed by atoms with Gasteiger partial charge < -0.3 is 30.2 Å². The summed E-state index contributed by atoms with van der Waals surface area (Å²) in [6.07, 6.45) is 9.36. The van der Waals surface area contributed by atoms with Crippen molar-refractivity contribution < 1.29 is 44.4 Å². The molecule has 3 aromatic rings. The number of aliphatic hydroxyl groups is 2. The van der Waals surface area contributed by atoms with E-state index >= 15 is 0 Å². The average Bonchev–Trinajstić information content (AvgIpc) is 3.19. The first kappa shape index (κ1) is 42.3. The Morgan fingerprint density at radius 3 is 1.70 bits per heavy atom. The highest BCUT2D eigenvalue weighted by Gasteiger charge is 2.69. The third kappa shape index (κ3) is 9.81. The number of likely N-dealkylation sites (tertiary alicyclic amines) is 1. The number of halogens is 1. The van der Waals surface area contributed by atoms with Crippen LogP contribution in [-0.4, -0.2) is 103 Å². The summed E-state index contributed by atoms with van der Waals surface area (Å²) in [6, 6.07) is 21.6. The van der Waals surface area contributed by atoms with Crippen molar-refractivity contribution in [3.8, 4) is 0 Å². The highest BCUT2D eigenvalue weighted by atomic mass is 35.5. The van der Waals surface area contributed by atoms with Gasteiger partial charge in [0.05, 0.1) is 0 Å². The molecule has 3 aromatic carbocycles. The van der Waals surface area contributed by atoms with Crippen LogP contribution >= 0.6 is 11.6 Å². The van der Waals surface area contributed by atoms with Gasteiger partial charge in [0.2, 0.25) is 17.5 Å². The zero-order chi connectivity index (χ0) is 39.5. The molecule has 2 aliphatic rings. The molecule has 54 heavy (non-hydrogen) atoms. The van der Waals surface area contributed by atoms with E-state index in [1.54, 1.807) is 0 Å². The average molecular weight is 763 g/mol. The van der Waals surface area contributed by atoms with Crippen LogP contribution in [0.5, 0.6) is 0 Å². The highest BCUT2D eigenvalue weighted by Crippen LogP contribution is 2.32. The standard InChI is InChI=1S/C24H37ClN2O.C18H14O8/c1-3-26(19(2)16-21-8-7-11-23(25)17-21)18-20-12-14-27(15-13-20)24(28)22-9-5-4-6-10-22;19-13(11-7-3-1-4-8-11)17(25,15(21)22)18(26,16(23)24)14(20)12-9-5-2-6-10-12/h7-8,11,17,19-20,22H,3-6,9-10,12-16,18H2,1-2H3;1-10,25-26H,(H,21,22)(H,23,24). The summed E-state index contributed by atoms with van der Waals surface area (Å²) in [7, 11) is 0. The first-order valence-corrected chi connectivity index (χ1v) is 19.0. The molecule has 2 fully saturated rings. The van der Waals surface area contributed by atoms with E-state index in [1.165, 1.54) is 61.2 Å². The predicted octanol–water partition coefficient (Wildman–Crippen LogP) is 5.80. The lowest BCUT2D eigenvalue weighted by Gasteiger charge is -2.38. The summed E-state index contributed by atoms with van der Waals surface area (Å²) in [5.74, 6) is -6.56. The Morgan fingerprint density at radius 2 is 1.26 bits per heavy atom. The van der Waals surface area contributed by atoms with Gasteiger partial charge in [0.1, 0.15) is 0 Å². The number of benzene rings is 3. The van der Waals surface area contributed by atoms with E-state index in [2.05, 4.69) is 35.8 Å². The zero-order valence-electron chi connectivity index (χ0n) is 30.9. The van der Waals surface area contributed by atoms with Crippen LogP contribution in [0.25, 0.3) is 0 Å². The van der Waals surface area contributed by atoms with E-state index < -0.39 is 45.8 Å². The third-order valence-corrected chi connectivity index (χ3v) is 10.9. The van der Waals surface area contributed by atoms with Crippen LogP contribution in [0.1, 0.15) is 85.1 Å². The number of carboxylic acids is 2. The monoisotopic (exact) mass is 762 g/mol. The number of piperidine rings is 1. The first-order chi connectivity index (χ1) is 25.7. The maximum atomic E-state index is 12.8. The second kappa shape index (κ2) is 19.3. The molecule has 11 nitrogen and oxygen atoms in total. The molecule has 1 aliphatic carbocycles. The van der Waals surface area contributed by atoms with Crippen LogP contribution in [0, 0.1) is 11.8 Å². The predicted molar refractivity (Wildman–Crippen MR) is 204 cm³/mol. The minimum atomic E-state index is -3.95. The number of carboxylic acid groups (broad SMARTS) is 2. The summed E-state index contributed by atoms with van der Waals surface area (Å²) in [5, 5.41) is 40.7. The smallest absolute Gasteiger partial charge is 0.348 e. The number of hydrogen-bond acceptors (Lipinski definition) is 8. The van der Waals surface area contributed by atoms with Crippen molar-refractivity contribution in [2.24, 2.45) is 11.8 Å². The van der Waals surface area contributed by atoms with Gasteiger partial charge in [0.15, 0.2) is 0 Å². The van der Waals surface area contributed by atoms with Gasteiger partial charge in [0.25, 0.3) is 11.2 Å². The molecule has 290 valence electrons. The second-order valence-corrected chi connectivity index (χ2v) is 14.7. The number of amides is 1. The molecule has 1 saturated heterocycles. The molecular formula is C42H51ClN2O9. The van der Waals surface area contributed by atoms with E-state index in [-0.39, 0.29) is 0 Å². The fraction of sp³-hybridized carbons (Fsp3) is 0.452. The third-order valence-electron chi connectivity index (χ3n) is 10.7. The van der Waals surface area contributed by atoms with Crippen molar-refractivity contribution in [2.45, 2.75) is 82.5 Å².